The number of benzene rings is 1. The van der Waals surface area contributed by atoms with Gasteiger partial charge < -0.3 is 15.0 Å². The van der Waals surface area contributed by atoms with Crippen molar-refractivity contribution in [2.45, 2.75) is 31.8 Å². The van der Waals surface area contributed by atoms with E-state index >= 15 is 0 Å². The number of amides is 1. The highest BCUT2D eigenvalue weighted by Crippen LogP contribution is 2.24. The van der Waals surface area contributed by atoms with Crippen LogP contribution in [0.5, 0.6) is 5.75 Å². The largest absolute Gasteiger partial charge is 0.494 e. The number of halogens is 1. The van der Waals surface area contributed by atoms with E-state index in [1.807, 2.05) is 0 Å². The molecule has 0 bridgehead atoms. The molecule has 24 heavy (non-hydrogen) atoms. The van der Waals surface area contributed by atoms with E-state index in [1.54, 1.807) is 31.1 Å². The smallest absolute Gasteiger partial charge is 0.236 e. The van der Waals surface area contributed by atoms with Crippen molar-refractivity contribution < 1.29 is 13.9 Å². The maximum absolute atomic E-state index is 13.5. The van der Waals surface area contributed by atoms with Gasteiger partial charge in [0.15, 0.2) is 11.6 Å². The van der Waals surface area contributed by atoms with Gasteiger partial charge in [-0.2, -0.15) is 0 Å². The van der Waals surface area contributed by atoms with Gasteiger partial charge in [-0.1, -0.05) is 6.07 Å². The van der Waals surface area contributed by atoms with Crippen LogP contribution in [0, 0.1) is 5.82 Å². The standard InChI is InChI=1S/C18H28FN3O2/c1-13(14-5-6-16(19)17(11-14)24-4)20-15-7-9-22(10-8-15)12-18(23)21(2)3/h5-6,11,13,15,20H,7-10,12H2,1-4H3. The van der Waals surface area contributed by atoms with Gasteiger partial charge in [0.1, 0.15) is 0 Å². The summed E-state index contributed by atoms with van der Waals surface area (Å²) in [5.74, 6) is 0.0821. The van der Waals surface area contributed by atoms with E-state index in [-0.39, 0.29) is 23.5 Å². The lowest BCUT2D eigenvalue weighted by Crippen LogP contribution is -2.46. The number of piperidine rings is 1. The molecule has 0 spiro atoms. The molecule has 0 radical (unpaired) electrons. The van der Waals surface area contributed by atoms with Crippen LogP contribution < -0.4 is 10.1 Å². The van der Waals surface area contributed by atoms with Gasteiger partial charge in [0.2, 0.25) is 5.91 Å². The normalized spacial score (nSPS) is 17.5. The van der Waals surface area contributed by atoms with Gasteiger partial charge in [0.25, 0.3) is 0 Å². The van der Waals surface area contributed by atoms with Crippen molar-refractivity contribution in [1.29, 1.82) is 0 Å². The van der Waals surface area contributed by atoms with E-state index < -0.39 is 0 Å². The molecule has 1 heterocycles. The number of rotatable bonds is 6. The molecule has 6 heteroatoms. The number of likely N-dealkylation sites (N-methyl/N-ethyl adjacent to an activating group) is 1. The van der Waals surface area contributed by atoms with Crippen molar-refractivity contribution in [1.82, 2.24) is 15.1 Å². The Labute approximate surface area is 143 Å². The molecule has 134 valence electrons. The van der Waals surface area contributed by atoms with Crippen molar-refractivity contribution in [3.63, 3.8) is 0 Å². The van der Waals surface area contributed by atoms with Crippen LogP contribution in [0.2, 0.25) is 0 Å². The van der Waals surface area contributed by atoms with Gasteiger partial charge >= 0.3 is 0 Å². The highest BCUT2D eigenvalue weighted by molar-refractivity contribution is 5.77. The van der Waals surface area contributed by atoms with Crippen molar-refractivity contribution in [3.8, 4) is 5.75 Å². The summed E-state index contributed by atoms with van der Waals surface area (Å²) in [6, 6.07) is 5.52. The Hall–Kier alpha value is -1.66. The Morgan fingerprint density at radius 3 is 2.67 bits per heavy atom. The molecule has 1 saturated heterocycles. The first-order valence-corrected chi connectivity index (χ1v) is 8.42. The van der Waals surface area contributed by atoms with Crippen LogP contribution in [-0.2, 0) is 4.79 Å². The Kier molecular flexibility index (Phi) is 6.57. The highest BCUT2D eigenvalue weighted by Gasteiger charge is 2.23. The predicted octanol–water partition coefficient (Wildman–Crippen LogP) is 2.04. The third kappa shape index (κ3) is 4.92. The fourth-order valence-corrected chi connectivity index (χ4v) is 2.99. The second-order valence-electron chi connectivity index (χ2n) is 6.62. The first-order chi connectivity index (χ1) is 11.4. The van der Waals surface area contributed by atoms with Crippen molar-refractivity contribution in [2.24, 2.45) is 0 Å². The Bertz CT molecular complexity index is 557. The van der Waals surface area contributed by atoms with Crippen LogP contribution in [0.4, 0.5) is 4.39 Å². The van der Waals surface area contributed by atoms with Crippen LogP contribution in [0.3, 0.4) is 0 Å². The number of hydrogen-bond acceptors (Lipinski definition) is 4. The van der Waals surface area contributed by atoms with Crippen LogP contribution in [0.15, 0.2) is 18.2 Å². The number of hydrogen-bond donors (Lipinski definition) is 1. The summed E-state index contributed by atoms with van der Waals surface area (Å²) in [4.78, 5) is 15.6. The van der Waals surface area contributed by atoms with Crippen molar-refractivity contribution >= 4 is 5.91 Å². The van der Waals surface area contributed by atoms with Crippen molar-refractivity contribution in [3.05, 3.63) is 29.6 Å². The van der Waals surface area contributed by atoms with E-state index in [4.69, 9.17) is 4.74 Å². The summed E-state index contributed by atoms with van der Waals surface area (Å²) >= 11 is 0. The Balaban J connectivity index is 1.84. The SMILES string of the molecule is COc1cc(C(C)NC2CCN(CC(=O)N(C)C)CC2)ccc1F. The van der Waals surface area contributed by atoms with Gasteiger partial charge in [-0.15, -0.1) is 0 Å². The van der Waals surface area contributed by atoms with Crippen molar-refractivity contribution in [2.75, 3.05) is 40.8 Å². The van der Waals surface area contributed by atoms with E-state index in [2.05, 4.69) is 17.1 Å². The lowest BCUT2D eigenvalue weighted by Gasteiger charge is -2.34. The monoisotopic (exact) mass is 337 g/mol. The highest BCUT2D eigenvalue weighted by atomic mass is 19.1. The Morgan fingerprint density at radius 1 is 1.42 bits per heavy atom. The molecule has 1 aromatic rings. The third-order valence-corrected chi connectivity index (χ3v) is 4.61. The molecule has 1 amide bonds. The zero-order valence-electron chi connectivity index (χ0n) is 15.0. The second-order valence-corrected chi connectivity index (χ2v) is 6.62. The van der Waals surface area contributed by atoms with E-state index in [1.165, 1.54) is 13.2 Å². The maximum Gasteiger partial charge on any atom is 0.236 e. The summed E-state index contributed by atoms with van der Waals surface area (Å²) in [5.41, 5.74) is 1.01. The van der Waals surface area contributed by atoms with E-state index in [0.29, 0.717) is 12.6 Å². The van der Waals surface area contributed by atoms with E-state index in [9.17, 15) is 9.18 Å². The van der Waals surface area contributed by atoms with Crippen LogP contribution in [-0.4, -0.2) is 62.6 Å². The minimum Gasteiger partial charge on any atom is -0.494 e. The Morgan fingerprint density at radius 2 is 2.08 bits per heavy atom. The molecule has 1 fully saturated rings. The molecule has 1 unspecified atom stereocenters. The molecule has 2 rings (SSSR count). The fourth-order valence-electron chi connectivity index (χ4n) is 2.99. The van der Waals surface area contributed by atoms with Crippen LogP contribution in [0.1, 0.15) is 31.4 Å². The third-order valence-electron chi connectivity index (χ3n) is 4.61. The lowest BCUT2D eigenvalue weighted by molar-refractivity contribution is -0.130. The first kappa shape index (κ1) is 18.7. The maximum atomic E-state index is 13.5. The molecule has 0 saturated carbocycles. The summed E-state index contributed by atoms with van der Waals surface area (Å²) < 4.78 is 18.6. The molecule has 1 N–H and O–H groups in total. The molecular formula is C18H28FN3O2. The molecule has 0 aromatic heterocycles. The van der Waals surface area contributed by atoms with Gasteiger partial charge in [0, 0.05) is 39.3 Å². The average molecular weight is 337 g/mol. The zero-order chi connectivity index (χ0) is 17.7. The number of carbonyl (C=O) groups is 1. The van der Waals surface area contributed by atoms with Crippen LogP contribution in [0.25, 0.3) is 0 Å². The molecule has 5 nitrogen and oxygen atoms in total. The van der Waals surface area contributed by atoms with Gasteiger partial charge in [-0.05, 0) is 37.5 Å². The fraction of sp³-hybridized carbons (Fsp3) is 0.611. The van der Waals surface area contributed by atoms with Gasteiger partial charge in [-0.25, -0.2) is 4.39 Å². The summed E-state index contributed by atoms with van der Waals surface area (Å²) in [5, 5.41) is 3.60. The van der Waals surface area contributed by atoms with E-state index in [0.717, 1.165) is 31.5 Å². The minimum absolute atomic E-state index is 0.124. The number of nitrogens with zero attached hydrogens (tertiary/aromatic N) is 2. The summed E-state index contributed by atoms with van der Waals surface area (Å²) in [6.45, 7) is 4.40. The summed E-state index contributed by atoms with van der Waals surface area (Å²) in [6.07, 6.45) is 2.01. The second kappa shape index (κ2) is 8.44. The predicted molar refractivity (Wildman–Crippen MR) is 92.7 cm³/mol. The number of nitrogens with one attached hydrogen (secondary N) is 1. The molecule has 1 aromatic carbocycles. The quantitative estimate of drug-likeness (QED) is 0.863. The number of likely N-dealkylation sites (tertiary alicyclic amines) is 1. The minimum atomic E-state index is -0.340. The first-order valence-electron chi connectivity index (χ1n) is 8.42. The summed E-state index contributed by atoms with van der Waals surface area (Å²) in [7, 11) is 5.05. The topological polar surface area (TPSA) is 44.8 Å². The van der Waals surface area contributed by atoms with Gasteiger partial charge in [-0.3, -0.25) is 9.69 Å². The molecule has 1 atom stereocenters. The zero-order valence-corrected chi connectivity index (χ0v) is 15.0. The number of methoxy groups -OCH3 is 1. The van der Waals surface area contributed by atoms with Gasteiger partial charge in [0.05, 0.1) is 13.7 Å². The molecule has 1 aliphatic rings. The van der Waals surface area contributed by atoms with Crippen LogP contribution >= 0.6 is 0 Å². The average Bonchev–Trinajstić information content (AvgIpc) is 2.56. The molecular weight excluding hydrogens is 309 g/mol. The number of ether oxygens (including phenoxy) is 1. The molecule has 1 aliphatic heterocycles. The molecule has 0 aliphatic carbocycles. The number of carbonyl (C=O) groups excluding carboxylic acids is 1. The lowest BCUT2D eigenvalue weighted by atomic mass is 10.0.